The fourth-order valence-corrected chi connectivity index (χ4v) is 2.41. The molecule has 20 heavy (non-hydrogen) atoms. The van der Waals surface area contributed by atoms with E-state index in [1.54, 1.807) is 6.07 Å². The van der Waals surface area contributed by atoms with E-state index < -0.39 is 0 Å². The van der Waals surface area contributed by atoms with Crippen LogP contribution >= 0.6 is 11.6 Å². The maximum absolute atomic E-state index is 5.83. The van der Waals surface area contributed by atoms with Crippen molar-refractivity contribution in [1.82, 2.24) is 9.97 Å². The molecule has 0 unspecified atom stereocenters. The minimum atomic E-state index is 0.452. The van der Waals surface area contributed by atoms with Gasteiger partial charge in [0, 0.05) is 12.6 Å². The fourth-order valence-electron chi connectivity index (χ4n) is 2.27. The van der Waals surface area contributed by atoms with Gasteiger partial charge in [-0.2, -0.15) is 0 Å². The van der Waals surface area contributed by atoms with Crippen molar-refractivity contribution in [3.8, 4) is 0 Å². The van der Waals surface area contributed by atoms with Crippen molar-refractivity contribution in [3.05, 3.63) is 65.6 Å². The second kappa shape index (κ2) is 5.88. The van der Waals surface area contributed by atoms with Crippen molar-refractivity contribution in [1.29, 1.82) is 0 Å². The van der Waals surface area contributed by atoms with Crippen LogP contribution in [0.2, 0.25) is 5.15 Å². The smallest absolute Gasteiger partial charge is 0.134 e. The molecule has 0 atom stereocenters. The van der Waals surface area contributed by atoms with E-state index in [0.717, 1.165) is 18.8 Å². The van der Waals surface area contributed by atoms with Gasteiger partial charge in [0.15, 0.2) is 0 Å². The molecule has 2 aromatic carbocycles. The third-order valence-corrected chi connectivity index (χ3v) is 3.42. The number of benzene rings is 2. The molecular formula is C16H14ClN3. The van der Waals surface area contributed by atoms with Crippen molar-refractivity contribution >= 4 is 28.2 Å². The van der Waals surface area contributed by atoms with Crippen molar-refractivity contribution in [2.24, 2.45) is 0 Å². The Hall–Kier alpha value is -2.13. The molecule has 1 N–H and O–H groups in total. The largest absolute Gasteiger partial charge is 0.370 e. The van der Waals surface area contributed by atoms with Crippen molar-refractivity contribution in [2.45, 2.75) is 6.42 Å². The second-order valence-electron chi connectivity index (χ2n) is 4.54. The Kier molecular flexibility index (Phi) is 3.79. The summed E-state index contributed by atoms with van der Waals surface area (Å²) in [6, 6.07) is 16.6. The molecular weight excluding hydrogens is 270 g/mol. The van der Waals surface area contributed by atoms with E-state index in [2.05, 4.69) is 57.7 Å². The molecule has 0 radical (unpaired) electrons. The summed E-state index contributed by atoms with van der Waals surface area (Å²) < 4.78 is 0. The first-order valence-electron chi connectivity index (χ1n) is 6.51. The number of anilines is 1. The molecule has 0 amide bonds. The summed E-state index contributed by atoms with van der Waals surface area (Å²) in [6.07, 6.45) is 2.39. The third-order valence-electron chi connectivity index (χ3n) is 3.21. The maximum Gasteiger partial charge on any atom is 0.134 e. The number of halogens is 1. The van der Waals surface area contributed by atoms with Crippen LogP contribution in [0, 0.1) is 0 Å². The average molecular weight is 284 g/mol. The van der Waals surface area contributed by atoms with Gasteiger partial charge in [-0.05, 0) is 22.8 Å². The van der Waals surface area contributed by atoms with Gasteiger partial charge in [-0.3, -0.25) is 0 Å². The summed E-state index contributed by atoms with van der Waals surface area (Å²) in [5, 5.41) is 6.29. The Morgan fingerprint density at radius 2 is 1.85 bits per heavy atom. The molecule has 3 nitrogen and oxygen atoms in total. The summed E-state index contributed by atoms with van der Waals surface area (Å²) in [5.74, 6) is 0.755. The quantitative estimate of drug-likeness (QED) is 0.737. The molecule has 1 aromatic heterocycles. The lowest BCUT2D eigenvalue weighted by Gasteiger charge is -2.08. The first-order valence-corrected chi connectivity index (χ1v) is 6.89. The Morgan fingerprint density at radius 1 is 1.00 bits per heavy atom. The van der Waals surface area contributed by atoms with E-state index in [4.69, 9.17) is 11.6 Å². The first-order chi connectivity index (χ1) is 9.83. The van der Waals surface area contributed by atoms with Crippen LogP contribution in [0.1, 0.15) is 5.56 Å². The average Bonchev–Trinajstić information content (AvgIpc) is 2.48. The van der Waals surface area contributed by atoms with Gasteiger partial charge in [0.25, 0.3) is 0 Å². The lowest BCUT2D eigenvalue weighted by atomic mass is 10.0. The molecule has 0 saturated carbocycles. The zero-order valence-corrected chi connectivity index (χ0v) is 11.6. The maximum atomic E-state index is 5.83. The summed E-state index contributed by atoms with van der Waals surface area (Å²) in [5.41, 5.74) is 1.33. The number of aromatic nitrogens is 2. The molecule has 3 aromatic rings. The summed E-state index contributed by atoms with van der Waals surface area (Å²) in [4.78, 5) is 7.99. The van der Waals surface area contributed by atoms with Gasteiger partial charge in [0.05, 0.1) is 0 Å². The normalized spacial score (nSPS) is 10.7. The van der Waals surface area contributed by atoms with Crippen LogP contribution in [0.3, 0.4) is 0 Å². The standard InChI is InChI=1S/C16H14ClN3/c17-15-10-16(20-11-19-15)18-9-8-13-6-3-5-12-4-1-2-7-14(12)13/h1-7,10-11H,8-9H2,(H,18,19,20). The highest BCUT2D eigenvalue weighted by molar-refractivity contribution is 6.29. The Morgan fingerprint density at radius 3 is 2.75 bits per heavy atom. The molecule has 100 valence electrons. The SMILES string of the molecule is Clc1cc(NCCc2cccc3ccccc23)ncn1. The number of nitrogens with one attached hydrogen (secondary N) is 1. The lowest BCUT2D eigenvalue weighted by molar-refractivity contribution is 1.01. The zero-order chi connectivity index (χ0) is 13.8. The van der Waals surface area contributed by atoms with Crippen LogP contribution in [0.25, 0.3) is 10.8 Å². The highest BCUT2D eigenvalue weighted by Gasteiger charge is 2.01. The molecule has 0 spiro atoms. The van der Waals surface area contributed by atoms with Crippen LogP contribution in [-0.2, 0) is 6.42 Å². The predicted molar refractivity (Wildman–Crippen MR) is 83.2 cm³/mol. The zero-order valence-electron chi connectivity index (χ0n) is 10.9. The van der Waals surface area contributed by atoms with Crippen molar-refractivity contribution in [2.75, 3.05) is 11.9 Å². The summed E-state index contributed by atoms with van der Waals surface area (Å²) >= 11 is 5.83. The highest BCUT2D eigenvalue weighted by Crippen LogP contribution is 2.19. The van der Waals surface area contributed by atoms with Crippen molar-refractivity contribution < 1.29 is 0 Å². The van der Waals surface area contributed by atoms with Gasteiger partial charge < -0.3 is 5.32 Å². The minimum Gasteiger partial charge on any atom is -0.370 e. The molecule has 3 rings (SSSR count). The molecule has 0 aliphatic heterocycles. The van der Waals surface area contributed by atoms with Gasteiger partial charge in [0.2, 0.25) is 0 Å². The molecule has 0 aliphatic carbocycles. The van der Waals surface area contributed by atoms with Gasteiger partial charge in [-0.15, -0.1) is 0 Å². The van der Waals surface area contributed by atoms with Crippen LogP contribution in [-0.4, -0.2) is 16.5 Å². The molecule has 0 saturated heterocycles. The Balaban J connectivity index is 1.71. The lowest BCUT2D eigenvalue weighted by Crippen LogP contribution is -2.06. The minimum absolute atomic E-state index is 0.452. The van der Waals surface area contributed by atoms with E-state index in [-0.39, 0.29) is 0 Å². The summed E-state index contributed by atoms with van der Waals surface area (Å²) in [7, 11) is 0. The van der Waals surface area contributed by atoms with Gasteiger partial charge >= 0.3 is 0 Å². The number of hydrogen-bond acceptors (Lipinski definition) is 3. The molecule has 1 heterocycles. The molecule has 0 aliphatic rings. The van der Waals surface area contributed by atoms with E-state index >= 15 is 0 Å². The van der Waals surface area contributed by atoms with Gasteiger partial charge in [0.1, 0.15) is 17.3 Å². The van der Waals surface area contributed by atoms with Crippen LogP contribution in [0.4, 0.5) is 5.82 Å². The van der Waals surface area contributed by atoms with Gasteiger partial charge in [-0.1, -0.05) is 54.1 Å². The number of hydrogen-bond donors (Lipinski definition) is 1. The Labute approximate surface area is 122 Å². The highest BCUT2D eigenvalue weighted by atomic mass is 35.5. The number of rotatable bonds is 4. The first kappa shape index (κ1) is 12.9. The van der Waals surface area contributed by atoms with E-state index in [9.17, 15) is 0 Å². The van der Waals surface area contributed by atoms with E-state index in [1.165, 1.54) is 22.7 Å². The topological polar surface area (TPSA) is 37.8 Å². The molecule has 4 heteroatoms. The van der Waals surface area contributed by atoms with Crippen LogP contribution in [0.15, 0.2) is 54.9 Å². The Bertz CT molecular complexity index is 722. The van der Waals surface area contributed by atoms with E-state index in [0.29, 0.717) is 5.15 Å². The van der Waals surface area contributed by atoms with Crippen LogP contribution < -0.4 is 5.32 Å². The predicted octanol–water partition coefficient (Wildman–Crippen LogP) is 3.94. The fraction of sp³-hybridized carbons (Fsp3) is 0.125. The number of nitrogens with zero attached hydrogens (tertiary/aromatic N) is 2. The molecule has 0 bridgehead atoms. The second-order valence-corrected chi connectivity index (χ2v) is 4.93. The van der Waals surface area contributed by atoms with Gasteiger partial charge in [-0.25, -0.2) is 9.97 Å². The number of fused-ring (bicyclic) bond motifs is 1. The molecule has 0 fully saturated rings. The van der Waals surface area contributed by atoms with Crippen LogP contribution in [0.5, 0.6) is 0 Å². The van der Waals surface area contributed by atoms with E-state index in [1.807, 2.05) is 0 Å². The monoisotopic (exact) mass is 283 g/mol. The third kappa shape index (κ3) is 2.89. The summed E-state index contributed by atoms with van der Waals surface area (Å²) in [6.45, 7) is 0.807. The van der Waals surface area contributed by atoms with Crippen molar-refractivity contribution in [3.63, 3.8) is 0 Å².